The van der Waals surface area contributed by atoms with Gasteiger partial charge in [-0.3, -0.25) is 0 Å². The third kappa shape index (κ3) is 2.95. The van der Waals surface area contributed by atoms with Crippen LogP contribution in [0.5, 0.6) is 0 Å². The van der Waals surface area contributed by atoms with Crippen molar-refractivity contribution in [3.63, 3.8) is 0 Å². The molecule has 0 fully saturated rings. The lowest BCUT2D eigenvalue weighted by Gasteiger charge is -1.94. The SMILES string of the molecule is Cc1cnc(CSCCN)[nH]1. The number of nitrogens with one attached hydrogen (secondary N) is 1. The normalized spacial score (nSPS) is 10.4. The van der Waals surface area contributed by atoms with E-state index in [0.29, 0.717) is 0 Å². The van der Waals surface area contributed by atoms with E-state index < -0.39 is 0 Å². The number of hydrogen-bond donors (Lipinski definition) is 2. The first-order valence-corrected chi connectivity index (χ1v) is 4.76. The lowest BCUT2D eigenvalue weighted by atomic mass is 10.6. The first-order valence-electron chi connectivity index (χ1n) is 3.61. The number of rotatable bonds is 4. The summed E-state index contributed by atoms with van der Waals surface area (Å²) in [5, 5.41) is 0. The van der Waals surface area contributed by atoms with E-state index in [0.717, 1.165) is 29.6 Å². The van der Waals surface area contributed by atoms with Gasteiger partial charge in [0.2, 0.25) is 0 Å². The number of thioether (sulfide) groups is 1. The Morgan fingerprint density at radius 2 is 2.55 bits per heavy atom. The molecule has 0 aliphatic carbocycles. The second kappa shape index (κ2) is 4.41. The fraction of sp³-hybridized carbons (Fsp3) is 0.571. The van der Waals surface area contributed by atoms with Gasteiger partial charge in [0, 0.05) is 24.2 Å². The summed E-state index contributed by atoms with van der Waals surface area (Å²) in [5.74, 6) is 2.98. The van der Waals surface area contributed by atoms with Gasteiger partial charge in [0.25, 0.3) is 0 Å². The van der Waals surface area contributed by atoms with Crippen molar-refractivity contribution in [2.45, 2.75) is 12.7 Å². The van der Waals surface area contributed by atoms with Crippen molar-refractivity contribution in [1.29, 1.82) is 0 Å². The molecule has 0 amide bonds. The van der Waals surface area contributed by atoms with Gasteiger partial charge in [-0.1, -0.05) is 0 Å². The zero-order valence-electron chi connectivity index (χ0n) is 6.63. The number of aromatic nitrogens is 2. The Bertz CT molecular complexity index is 209. The zero-order chi connectivity index (χ0) is 8.10. The van der Waals surface area contributed by atoms with E-state index in [9.17, 15) is 0 Å². The van der Waals surface area contributed by atoms with Crippen molar-refractivity contribution in [3.05, 3.63) is 17.7 Å². The van der Waals surface area contributed by atoms with Gasteiger partial charge in [-0.15, -0.1) is 0 Å². The van der Waals surface area contributed by atoms with Gasteiger partial charge in [-0.25, -0.2) is 4.98 Å². The largest absolute Gasteiger partial charge is 0.345 e. The molecule has 0 aliphatic rings. The van der Waals surface area contributed by atoms with E-state index in [1.165, 1.54) is 0 Å². The predicted octanol–water partition coefficient (Wildman–Crippen LogP) is 0.910. The molecule has 0 aliphatic heterocycles. The van der Waals surface area contributed by atoms with Crippen LogP contribution in [0.25, 0.3) is 0 Å². The van der Waals surface area contributed by atoms with E-state index in [-0.39, 0.29) is 0 Å². The molecule has 0 saturated carbocycles. The second-order valence-corrected chi connectivity index (χ2v) is 3.46. The van der Waals surface area contributed by atoms with Crippen molar-refractivity contribution >= 4 is 11.8 Å². The number of hydrogen-bond acceptors (Lipinski definition) is 3. The average molecular weight is 171 g/mol. The molecule has 0 radical (unpaired) electrons. The lowest BCUT2D eigenvalue weighted by molar-refractivity contribution is 1.09. The molecule has 62 valence electrons. The van der Waals surface area contributed by atoms with Gasteiger partial charge in [0.15, 0.2) is 0 Å². The van der Waals surface area contributed by atoms with Crippen LogP contribution in [-0.4, -0.2) is 22.3 Å². The number of nitrogens with zero attached hydrogens (tertiary/aromatic N) is 1. The molecular formula is C7H13N3S. The maximum absolute atomic E-state index is 5.35. The molecule has 1 aromatic heterocycles. The molecule has 11 heavy (non-hydrogen) atoms. The summed E-state index contributed by atoms with van der Waals surface area (Å²) in [6, 6.07) is 0. The molecule has 3 nitrogen and oxygen atoms in total. The second-order valence-electron chi connectivity index (χ2n) is 2.35. The molecule has 4 heteroatoms. The third-order valence-electron chi connectivity index (χ3n) is 1.26. The van der Waals surface area contributed by atoms with Gasteiger partial charge in [0.05, 0.1) is 5.75 Å². The Morgan fingerprint density at radius 3 is 3.09 bits per heavy atom. The van der Waals surface area contributed by atoms with Gasteiger partial charge < -0.3 is 10.7 Å². The van der Waals surface area contributed by atoms with Crippen LogP contribution in [0.15, 0.2) is 6.20 Å². The van der Waals surface area contributed by atoms with Gasteiger partial charge >= 0.3 is 0 Å². The highest BCUT2D eigenvalue weighted by Gasteiger charge is 1.95. The molecule has 3 N–H and O–H groups in total. The van der Waals surface area contributed by atoms with E-state index in [2.05, 4.69) is 9.97 Å². The highest BCUT2D eigenvalue weighted by atomic mass is 32.2. The van der Waals surface area contributed by atoms with Crippen LogP contribution in [0.2, 0.25) is 0 Å². The Balaban J connectivity index is 2.27. The number of nitrogens with two attached hydrogens (primary N) is 1. The lowest BCUT2D eigenvalue weighted by Crippen LogP contribution is -2.01. The van der Waals surface area contributed by atoms with Crippen molar-refractivity contribution in [3.8, 4) is 0 Å². The summed E-state index contributed by atoms with van der Waals surface area (Å²) in [7, 11) is 0. The van der Waals surface area contributed by atoms with Crippen LogP contribution in [0.1, 0.15) is 11.5 Å². The van der Waals surface area contributed by atoms with Crippen molar-refractivity contribution in [2.24, 2.45) is 5.73 Å². The smallest absolute Gasteiger partial charge is 0.116 e. The highest BCUT2D eigenvalue weighted by Crippen LogP contribution is 2.07. The van der Waals surface area contributed by atoms with Crippen LogP contribution in [0, 0.1) is 6.92 Å². The van der Waals surface area contributed by atoms with Crippen LogP contribution < -0.4 is 5.73 Å². The fourth-order valence-electron chi connectivity index (χ4n) is 0.792. The maximum atomic E-state index is 5.35. The molecule has 0 aromatic carbocycles. The minimum absolute atomic E-state index is 0.740. The van der Waals surface area contributed by atoms with Gasteiger partial charge in [-0.05, 0) is 6.92 Å². The van der Waals surface area contributed by atoms with Crippen molar-refractivity contribution in [2.75, 3.05) is 12.3 Å². The first kappa shape index (κ1) is 8.62. The number of H-pyrrole nitrogens is 1. The minimum atomic E-state index is 0.740. The summed E-state index contributed by atoms with van der Waals surface area (Å²) in [4.78, 5) is 7.33. The molecule has 0 atom stereocenters. The Morgan fingerprint density at radius 1 is 1.73 bits per heavy atom. The molecule has 0 saturated heterocycles. The zero-order valence-corrected chi connectivity index (χ0v) is 7.45. The third-order valence-corrected chi connectivity index (χ3v) is 2.26. The summed E-state index contributed by atoms with van der Waals surface area (Å²) >= 11 is 1.80. The van der Waals surface area contributed by atoms with Crippen molar-refractivity contribution < 1.29 is 0 Å². The highest BCUT2D eigenvalue weighted by molar-refractivity contribution is 7.98. The van der Waals surface area contributed by atoms with E-state index in [1.807, 2.05) is 13.1 Å². The molecule has 0 bridgehead atoms. The molecule has 0 unspecified atom stereocenters. The summed E-state index contributed by atoms with van der Waals surface area (Å²) in [5.41, 5.74) is 6.47. The predicted molar refractivity (Wildman–Crippen MR) is 48.5 cm³/mol. The molecular weight excluding hydrogens is 158 g/mol. The molecule has 1 aromatic rings. The van der Waals surface area contributed by atoms with Gasteiger partial charge in [-0.2, -0.15) is 11.8 Å². The number of aromatic amines is 1. The van der Waals surface area contributed by atoms with Crippen LogP contribution >= 0.6 is 11.8 Å². The van der Waals surface area contributed by atoms with E-state index in [4.69, 9.17) is 5.73 Å². The minimum Gasteiger partial charge on any atom is -0.345 e. The standard InChI is InChI=1S/C7H13N3S/c1-6-4-9-7(10-6)5-11-3-2-8/h4H,2-3,5,8H2,1H3,(H,9,10). The Labute approximate surface area is 70.8 Å². The fourth-order valence-corrected chi connectivity index (χ4v) is 1.44. The molecule has 0 spiro atoms. The molecule has 1 heterocycles. The molecule has 1 rings (SSSR count). The van der Waals surface area contributed by atoms with E-state index >= 15 is 0 Å². The van der Waals surface area contributed by atoms with Crippen LogP contribution in [-0.2, 0) is 5.75 Å². The van der Waals surface area contributed by atoms with Crippen LogP contribution in [0.4, 0.5) is 0 Å². The maximum Gasteiger partial charge on any atom is 0.116 e. The van der Waals surface area contributed by atoms with Gasteiger partial charge in [0.1, 0.15) is 5.82 Å². The van der Waals surface area contributed by atoms with Crippen molar-refractivity contribution in [1.82, 2.24) is 9.97 Å². The Kier molecular flexibility index (Phi) is 3.45. The number of imidazole rings is 1. The quantitative estimate of drug-likeness (QED) is 0.662. The Hall–Kier alpha value is -0.480. The van der Waals surface area contributed by atoms with E-state index in [1.54, 1.807) is 11.8 Å². The summed E-state index contributed by atoms with van der Waals surface area (Å²) in [6.07, 6.45) is 1.85. The van der Waals surface area contributed by atoms with Crippen LogP contribution in [0.3, 0.4) is 0 Å². The monoisotopic (exact) mass is 171 g/mol. The first-order chi connectivity index (χ1) is 5.33. The summed E-state index contributed by atoms with van der Waals surface area (Å²) in [6.45, 7) is 2.74. The topological polar surface area (TPSA) is 54.7 Å². The number of aryl methyl sites for hydroxylation is 1. The average Bonchev–Trinajstić information content (AvgIpc) is 2.37. The summed E-state index contributed by atoms with van der Waals surface area (Å²) < 4.78 is 0.